The predicted molar refractivity (Wildman–Crippen MR) is 108 cm³/mol. The van der Waals surface area contributed by atoms with Crippen LogP contribution >= 0.6 is 0 Å². The Hall–Kier alpha value is -2.97. The smallest absolute Gasteiger partial charge is 0.227 e. The maximum absolute atomic E-state index is 4.87. The van der Waals surface area contributed by atoms with Crippen molar-refractivity contribution in [3.8, 4) is 0 Å². The van der Waals surface area contributed by atoms with Crippen LogP contribution in [0.15, 0.2) is 18.5 Å². The minimum atomic E-state index is 0.822. The highest BCUT2D eigenvalue weighted by Crippen LogP contribution is 2.24. The van der Waals surface area contributed by atoms with E-state index < -0.39 is 0 Å². The van der Waals surface area contributed by atoms with Crippen LogP contribution in [0.1, 0.15) is 24.4 Å². The van der Waals surface area contributed by atoms with Crippen molar-refractivity contribution in [1.29, 1.82) is 0 Å². The van der Waals surface area contributed by atoms with Gasteiger partial charge in [0, 0.05) is 63.4 Å². The molecule has 2 saturated heterocycles. The molecule has 2 aliphatic heterocycles. The second kappa shape index (κ2) is 6.88. The monoisotopic (exact) mass is 379 g/mol. The Morgan fingerprint density at radius 2 is 1.57 bits per heavy atom. The van der Waals surface area contributed by atoms with Gasteiger partial charge in [0.15, 0.2) is 5.82 Å². The first-order valence-electron chi connectivity index (χ1n) is 9.96. The molecule has 0 N–H and O–H groups in total. The van der Waals surface area contributed by atoms with Crippen molar-refractivity contribution >= 4 is 23.2 Å². The lowest BCUT2D eigenvalue weighted by Crippen LogP contribution is -2.47. The number of piperazine rings is 1. The second-order valence-corrected chi connectivity index (χ2v) is 7.53. The van der Waals surface area contributed by atoms with Gasteiger partial charge in [-0.1, -0.05) is 0 Å². The van der Waals surface area contributed by atoms with Crippen LogP contribution < -0.4 is 14.7 Å². The van der Waals surface area contributed by atoms with Crippen LogP contribution in [-0.4, -0.2) is 68.8 Å². The zero-order chi connectivity index (χ0) is 19.1. The zero-order valence-electron chi connectivity index (χ0n) is 16.4. The molecule has 146 valence electrons. The summed E-state index contributed by atoms with van der Waals surface area (Å²) in [7, 11) is 0. The molecule has 0 amide bonds. The number of nitrogens with zero attached hydrogens (tertiary/aromatic N) is 9. The van der Waals surface area contributed by atoms with Crippen LogP contribution in [0.2, 0.25) is 0 Å². The van der Waals surface area contributed by atoms with E-state index in [2.05, 4.69) is 47.9 Å². The van der Waals surface area contributed by atoms with Gasteiger partial charge in [0.25, 0.3) is 0 Å². The third-order valence-corrected chi connectivity index (χ3v) is 5.60. The van der Waals surface area contributed by atoms with Gasteiger partial charge < -0.3 is 14.7 Å². The summed E-state index contributed by atoms with van der Waals surface area (Å²) in [5.41, 5.74) is 1.85. The van der Waals surface area contributed by atoms with E-state index >= 15 is 0 Å². The van der Waals surface area contributed by atoms with Crippen LogP contribution in [0, 0.1) is 13.8 Å². The van der Waals surface area contributed by atoms with Crippen LogP contribution in [-0.2, 0) is 0 Å². The molecule has 5 rings (SSSR count). The molecule has 0 unspecified atom stereocenters. The van der Waals surface area contributed by atoms with Gasteiger partial charge in [-0.05, 0) is 26.7 Å². The number of fused-ring (bicyclic) bond motifs is 1. The number of rotatable bonds is 3. The van der Waals surface area contributed by atoms with Crippen molar-refractivity contribution in [1.82, 2.24) is 29.5 Å². The maximum Gasteiger partial charge on any atom is 0.227 e. The highest BCUT2D eigenvalue weighted by Gasteiger charge is 2.23. The largest absolute Gasteiger partial charge is 0.353 e. The molecular weight excluding hydrogens is 354 g/mol. The van der Waals surface area contributed by atoms with Crippen LogP contribution in [0.4, 0.5) is 17.6 Å². The molecule has 2 fully saturated rings. The van der Waals surface area contributed by atoms with Gasteiger partial charge in [-0.15, -0.1) is 10.2 Å². The van der Waals surface area contributed by atoms with E-state index in [1.54, 1.807) is 0 Å². The number of aromatic nitrogens is 6. The minimum absolute atomic E-state index is 0.822. The maximum atomic E-state index is 4.87. The molecule has 0 aliphatic carbocycles. The third kappa shape index (κ3) is 3.00. The van der Waals surface area contributed by atoms with E-state index in [4.69, 9.17) is 4.98 Å². The number of hydrogen-bond donors (Lipinski definition) is 0. The van der Waals surface area contributed by atoms with E-state index in [-0.39, 0.29) is 0 Å². The first-order valence-corrected chi connectivity index (χ1v) is 9.96. The van der Waals surface area contributed by atoms with E-state index in [0.29, 0.717) is 0 Å². The summed E-state index contributed by atoms with van der Waals surface area (Å²) in [4.78, 5) is 21.0. The van der Waals surface area contributed by atoms with E-state index in [1.165, 1.54) is 12.8 Å². The molecule has 9 heteroatoms. The molecule has 28 heavy (non-hydrogen) atoms. The molecule has 0 radical (unpaired) electrons. The van der Waals surface area contributed by atoms with Gasteiger partial charge in [0.05, 0.1) is 0 Å². The summed E-state index contributed by atoms with van der Waals surface area (Å²) < 4.78 is 1.99. The van der Waals surface area contributed by atoms with Crippen molar-refractivity contribution in [2.75, 3.05) is 54.0 Å². The topological polar surface area (TPSA) is 78.6 Å². The summed E-state index contributed by atoms with van der Waals surface area (Å²) in [6, 6.07) is 2.09. The summed E-state index contributed by atoms with van der Waals surface area (Å²) in [6.45, 7) is 9.67. The summed E-state index contributed by atoms with van der Waals surface area (Å²) in [5, 5.41) is 8.49. The summed E-state index contributed by atoms with van der Waals surface area (Å²) in [6.07, 6.45) is 6.19. The SMILES string of the molecule is Cc1cc(N2CCN(c3nccn4c(C)nnc34)CC2)nc(N2CCCC2)n1. The molecule has 5 heterocycles. The number of anilines is 3. The first-order chi connectivity index (χ1) is 13.7. The Balaban J connectivity index is 1.34. The molecule has 0 bridgehead atoms. The van der Waals surface area contributed by atoms with Gasteiger partial charge >= 0.3 is 0 Å². The first kappa shape index (κ1) is 17.2. The van der Waals surface area contributed by atoms with Crippen LogP contribution in [0.25, 0.3) is 5.65 Å². The minimum Gasteiger partial charge on any atom is -0.353 e. The Morgan fingerprint density at radius 3 is 2.36 bits per heavy atom. The molecule has 3 aromatic heterocycles. The fraction of sp³-hybridized carbons (Fsp3) is 0.526. The molecule has 0 spiro atoms. The summed E-state index contributed by atoms with van der Waals surface area (Å²) in [5.74, 6) is 3.68. The van der Waals surface area contributed by atoms with Crippen molar-refractivity contribution in [2.45, 2.75) is 26.7 Å². The summed E-state index contributed by atoms with van der Waals surface area (Å²) >= 11 is 0. The van der Waals surface area contributed by atoms with Crippen LogP contribution in [0.3, 0.4) is 0 Å². The average Bonchev–Trinajstić information content (AvgIpc) is 3.38. The average molecular weight is 379 g/mol. The Bertz CT molecular complexity index is 984. The Labute approximate surface area is 164 Å². The van der Waals surface area contributed by atoms with E-state index in [1.807, 2.05) is 23.7 Å². The number of hydrogen-bond acceptors (Lipinski definition) is 8. The zero-order valence-corrected chi connectivity index (χ0v) is 16.4. The molecule has 0 aromatic carbocycles. The van der Waals surface area contributed by atoms with Gasteiger partial charge in [-0.3, -0.25) is 4.40 Å². The highest BCUT2D eigenvalue weighted by molar-refractivity contribution is 5.64. The fourth-order valence-corrected chi connectivity index (χ4v) is 4.06. The number of aryl methyl sites for hydroxylation is 2. The normalized spacial score (nSPS) is 17.7. The van der Waals surface area contributed by atoms with Crippen molar-refractivity contribution in [3.63, 3.8) is 0 Å². The van der Waals surface area contributed by atoms with Gasteiger partial charge in [-0.25, -0.2) is 9.97 Å². The van der Waals surface area contributed by atoms with E-state index in [0.717, 1.165) is 74.0 Å². The molecule has 0 saturated carbocycles. The standard InChI is InChI=1S/C19H25N9/c1-14-13-16(22-19(21-14)27-6-3-4-7-27)25-9-11-26(12-10-25)17-18-24-23-15(2)28(18)8-5-20-17/h5,8,13H,3-4,6-7,9-12H2,1-2H3. The second-order valence-electron chi connectivity index (χ2n) is 7.53. The molecule has 9 nitrogen and oxygen atoms in total. The lowest BCUT2D eigenvalue weighted by atomic mass is 10.3. The van der Waals surface area contributed by atoms with E-state index in [9.17, 15) is 0 Å². The molecule has 2 aliphatic rings. The highest BCUT2D eigenvalue weighted by atomic mass is 15.4. The molecule has 0 atom stereocenters. The predicted octanol–water partition coefficient (Wildman–Crippen LogP) is 1.46. The lowest BCUT2D eigenvalue weighted by molar-refractivity contribution is 0.640. The lowest BCUT2D eigenvalue weighted by Gasteiger charge is -2.36. The van der Waals surface area contributed by atoms with Gasteiger partial charge in [0.1, 0.15) is 11.6 Å². The van der Waals surface area contributed by atoms with Crippen LogP contribution in [0.5, 0.6) is 0 Å². The molecular formula is C19H25N9. The third-order valence-electron chi connectivity index (χ3n) is 5.60. The van der Waals surface area contributed by atoms with Gasteiger partial charge in [0.2, 0.25) is 11.6 Å². The Morgan fingerprint density at radius 1 is 0.821 bits per heavy atom. The van der Waals surface area contributed by atoms with Crippen molar-refractivity contribution < 1.29 is 0 Å². The quantitative estimate of drug-likeness (QED) is 0.677. The van der Waals surface area contributed by atoms with Gasteiger partial charge in [-0.2, -0.15) is 4.98 Å². The van der Waals surface area contributed by atoms with Crippen molar-refractivity contribution in [2.24, 2.45) is 0 Å². The molecule has 3 aromatic rings. The Kier molecular flexibility index (Phi) is 4.22. The fourth-order valence-electron chi connectivity index (χ4n) is 4.06. The van der Waals surface area contributed by atoms with Crippen molar-refractivity contribution in [3.05, 3.63) is 30.0 Å².